The molecule has 9 heteroatoms. The zero-order valence-corrected chi connectivity index (χ0v) is 12.3. The van der Waals surface area contributed by atoms with Gasteiger partial charge in [-0.1, -0.05) is 12.5 Å². The Balaban J connectivity index is 2.01. The lowest BCUT2D eigenvalue weighted by Gasteiger charge is -2.26. The molecule has 21 heavy (non-hydrogen) atoms. The quantitative estimate of drug-likeness (QED) is 0.554. The van der Waals surface area contributed by atoms with Crippen LogP contribution in [0.3, 0.4) is 0 Å². The van der Waals surface area contributed by atoms with Crippen molar-refractivity contribution in [1.82, 2.24) is 19.2 Å². The van der Waals surface area contributed by atoms with Crippen LogP contribution < -0.4 is 16.1 Å². The molecular weight excluding hydrogens is 292 g/mol. The van der Waals surface area contributed by atoms with Gasteiger partial charge in [0.25, 0.3) is 10.0 Å². The third kappa shape index (κ3) is 2.72. The number of hydrogen-bond donors (Lipinski definition) is 3. The van der Waals surface area contributed by atoms with Crippen LogP contribution in [0.1, 0.15) is 19.3 Å². The standard InChI is InChI=1S/C12H18N6O2S/c13-15-11-12(18-9-5-2-6-10(18)14-11)21(19,20)16-17-7-3-1-4-8-17/h2,5-6,9,15-16H,1,3-4,7-8,13H2. The fourth-order valence-corrected chi connectivity index (χ4v) is 3.90. The van der Waals surface area contributed by atoms with Gasteiger partial charge in [-0.2, -0.15) is 0 Å². The summed E-state index contributed by atoms with van der Waals surface area (Å²) in [6.07, 6.45) is 4.74. The fourth-order valence-electron chi connectivity index (χ4n) is 2.52. The molecule has 1 fully saturated rings. The van der Waals surface area contributed by atoms with E-state index in [-0.39, 0.29) is 10.8 Å². The number of pyridine rings is 1. The summed E-state index contributed by atoms with van der Waals surface area (Å²) < 4.78 is 26.8. The predicted molar refractivity (Wildman–Crippen MR) is 78.7 cm³/mol. The van der Waals surface area contributed by atoms with Crippen molar-refractivity contribution in [2.75, 3.05) is 18.5 Å². The maximum atomic E-state index is 12.6. The van der Waals surface area contributed by atoms with Crippen LogP contribution in [0.25, 0.3) is 5.65 Å². The van der Waals surface area contributed by atoms with E-state index in [9.17, 15) is 8.42 Å². The highest BCUT2D eigenvalue weighted by Crippen LogP contribution is 2.22. The smallest absolute Gasteiger partial charge is 0.273 e. The van der Waals surface area contributed by atoms with E-state index in [1.165, 1.54) is 4.40 Å². The van der Waals surface area contributed by atoms with E-state index >= 15 is 0 Å². The third-order valence-electron chi connectivity index (χ3n) is 3.48. The Morgan fingerprint density at radius 3 is 2.67 bits per heavy atom. The van der Waals surface area contributed by atoms with E-state index in [1.54, 1.807) is 29.4 Å². The molecule has 1 aliphatic rings. The number of aromatic nitrogens is 2. The lowest BCUT2D eigenvalue weighted by molar-refractivity contribution is 0.199. The first-order valence-electron chi connectivity index (χ1n) is 6.83. The molecule has 0 radical (unpaired) electrons. The Kier molecular flexibility index (Phi) is 3.81. The minimum Gasteiger partial charge on any atom is -0.306 e. The summed E-state index contributed by atoms with van der Waals surface area (Å²) in [4.78, 5) is 6.79. The molecule has 0 aliphatic carbocycles. The van der Waals surface area contributed by atoms with Crippen molar-refractivity contribution in [2.24, 2.45) is 5.84 Å². The first-order valence-corrected chi connectivity index (χ1v) is 8.31. The Labute approximate surface area is 122 Å². The van der Waals surface area contributed by atoms with Crippen LogP contribution in [0.2, 0.25) is 0 Å². The molecule has 2 aromatic rings. The predicted octanol–water partition coefficient (Wildman–Crippen LogP) is 0.299. The largest absolute Gasteiger partial charge is 0.306 e. The van der Waals surface area contributed by atoms with Crippen LogP contribution in [0.5, 0.6) is 0 Å². The minimum absolute atomic E-state index is 0.0196. The van der Waals surface area contributed by atoms with E-state index in [0.29, 0.717) is 18.7 Å². The van der Waals surface area contributed by atoms with E-state index in [4.69, 9.17) is 5.84 Å². The van der Waals surface area contributed by atoms with Gasteiger partial charge in [0.15, 0.2) is 5.82 Å². The maximum Gasteiger partial charge on any atom is 0.273 e. The molecule has 0 amide bonds. The van der Waals surface area contributed by atoms with Crippen molar-refractivity contribution in [3.05, 3.63) is 24.4 Å². The van der Waals surface area contributed by atoms with Gasteiger partial charge < -0.3 is 5.43 Å². The van der Waals surface area contributed by atoms with Crippen LogP contribution in [0.15, 0.2) is 29.4 Å². The van der Waals surface area contributed by atoms with E-state index in [0.717, 1.165) is 19.3 Å². The van der Waals surface area contributed by atoms with Crippen molar-refractivity contribution in [1.29, 1.82) is 0 Å². The number of nitrogens with zero attached hydrogens (tertiary/aromatic N) is 3. The molecule has 3 rings (SSSR count). The van der Waals surface area contributed by atoms with Crippen molar-refractivity contribution in [3.8, 4) is 0 Å². The second kappa shape index (κ2) is 5.60. The topological polar surface area (TPSA) is 105 Å². The molecule has 0 unspecified atom stereocenters. The summed E-state index contributed by atoms with van der Waals surface area (Å²) in [6.45, 7) is 1.42. The number of sulfonamides is 1. The van der Waals surface area contributed by atoms with Gasteiger partial charge in [-0.15, -0.1) is 4.83 Å². The summed E-state index contributed by atoms with van der Waals surface area (Å²) in [6, 6.07) is 5.26. The fraction of sp³-hybridized carbons (Fsp3) is 0.417. The van der Waals surface area contributed by atoms with Gasteiger partial charge >= 0.3 is 0 Å². The van der Waals surface area contributed by atoms with Gasteiger partial charge in [0.1, 0.15) is 5.65 Å². The Morgan fingerprint density at radius 1 is 1.19 bits per heavy atom. The van der Waals surface area contributed by atoms with Gasteiger partial charge in [0.2, 0.25) is 5.03 Å². The number of nitrogens with two attached hydrogens (primary N) is 1. The average Bonchev–Trinajstić information content (AvgIpc) is 2.87. The summed E-state index contributed by atoms with van der Waals surface area (Å²) in [7, 11) is -3.75. The molecule has 0 atom stereocenters. The molecule has 1 saturated heterocycles. The number of hydrazine groups is 2. The normalized spacial score (nSPS) is 17.2. The zero-order valence-electron chi connectivity index (χ0n) is 11.5. The summed E-state index contributed by atoms with van der Waals surface area (Å²) >= 11 is 0. The van der Waals surface area contributed by atoms with Gasteiger partial charge in [-0.25, -0.2) is 24.3 Å². The zero-order chi connectivity index (χ0) is 14.9. The second-order valence-corrected chi connectivity index (χ2v) is 6.56. The summed E-state index contributed by atoms with van der Waals surface area (Å²) in [5.41, 5.74) is 2.88. The van der Waals surface area contributed by atoms with Crippen molar-refractivity contribution in [2.45, 2.75) is 24.3 Å². The first kappa shape index (κ1) is 14.3. The van der Waals surface area contributed by atoms with Crippen molar-refractivity contribution >= 4 is 21.5 Å². The number of piperidine rings is 1. The van der Waals surface area contributed by atoms with Crippen molar-refractivity contribution in [3.63, 3.8) is 0 Å². The van der Waals surface area contributed by atoms with Crippen LogP contribution >= 0.6 is 0 Å². The first-order chi connectivity index (χ1) is 10.1. The lowest BCUT2D eigenvalue weighted by atomic mass is 10.2. The van der Waals surface area contributed by atoms with Crippen LogP contribution in [0.4, 0.5) is 5.82 Å². The second-order valence-electron chi connectivity index (χ2n) is 4.98. The number of imidazole rings is 1. The molecular formula is C12H18N6O2S. The molecule has 0 aromatic carbocycles. The maximum absolute atomic E-state index is 12.6. The summed E-state index contributed by atoms with van der Waals surface area (Å²) in [5.74, 6) is 5.54. The molecule has 2 aromatic heterocycles. The molecule has 3 heterocycles. The van der Waals surface area contributed by atoms with Gasteiger partial charge in [0.05, 0.1) is 0 Å². The number of nitrogens with one attached hydrogen (secondary N) is 2. The lowest BCUT2D eigenvalue weighted by Crippen LogP contribution is -2.45. The van der Waals surface area contributed by atoms with Gasteiger partial charge in [0, 0.05) is 19.3 Å². The van der Waals surface area contributed by atoms with Crippen LogP contribution in [-0.2, 0) is 10.0 Å². The Hall–Kier alpha value is -1.68. The molecule has 1 aliphatic heterocycles. The van der Waals surface area contributed by atoms with Crippen LogP contribution in [0, 0.1) is 0 Å². The molecule has 0 saturated carbocycles. The molecule has 4 N–H and O–H groups in total. The molecule has 0 spiro atoms. The van der Waals surface area contributed by atoms with Crippen molar-refractivity contribution < 1.29 is 8.42 Å². The SMILES string of the molecule is NNc1nc2ccccn2c1S(=O)(=O)NN1CCCCC1. The van der Waals surface area contributed by atoms with E-state index in [1.807, 2.05) is 0 Å². The highest BCUT2D eigenvalue weighted by atomic mass is 32.2. The number of fused-ring (bicyclic) bond motifs is 1. The molecule has 114 valence electrons. The highest BCUT2D eigenvalue weighted by molar-refractivity contribution is 7.89. The number of anilines is 1. The molecule has 8 nitrogen and oxygen atoms in total. The number of nitrogen functional groups attached to an aromatic ring is 1. The number of hydrogen-bond acceptors (Lipinski definition) is 6. The van der Waals surface area contributed by atoms with E-state index in [2.05, 4.69) is 15.2 Å². The molecule has 0 bridgehead atoms. The Bertz CT molecular complexity index is 735. The Morgan fingerprint density at radius 2 is 1.95 bits per heavy atom. The van der Waals surface area contributed by atoms with Crippen LogP contribution in [-0.4, -0.2) is 35.9 Å². The third-order valence-corrected chi connectivity index (χ3v) is 4.88. The average molecular weight is 310 g/mol. The number of rotatable bonds is 4. The van der Waals surface area contributed by atoms with Gasteiger partial charge in [-0.05, 0) is 25.0 Å². The van der Waals surface area contributed by atoms with E-state index < -0.39 is 10.0 Å². The monoisotopic (exact) mass is 310 g/mol. The van der Waals surface area contributed by atoms with Gasteiger partial charge in [-0.3, -0.25) is 4.40 Å². The highest BCUT2D eigenvalue weighted by Gasteiger charge is 2.27. The summed E-state index contributed by atoms with van der Waals surface area (Å²) in [5, 5.41) is 1.74. The minimum atomic E-state index is -3.75.